The van der Waals surface area contributed by atoms with Gasteiger partial charge in [0.15, 0.2) is 0 Å². The number of hydrogen-bond acceptors (Lipinski definition) is 5. The summed E-state index contributed by atoms with van der Waals surface area (Å²) >= 11 is 0. The van der Waals surface area contributed by atoms with Gasteiger partial charge in [-0.3, -0.25) is 19.2 Å². The summed E-state index contributed by atoms with van der Waals surface area (Å²) in [7, 11) is 1.51. The summed E-state index contributed by atoms with van der Waals surface area (Å²) in [5, 5.41) is 9.35. The topological polar surface area (TPSA) is 129 Å². The molecule has 3 aliphatic rings. The molecule has 2 atom stereocenters. The Balaban J connectivity index is 1.52. The van der Waals surface area contributed by atoms with Crippen molar-refractivity contribution >= 4 is 40.6 Å². The number of carbonyl (C=O) groups is 4. The molecule has 0 radical (unpaired) electrons. The molecule has 2 aliphatic carbocycles. The molecule has 1 aromatic heterocycles. The van der Waals surface area contributed by atoms with Crippen LogP contribution in [0.5, 0.6) is 0 Å². The third-order valence-corrected chi connectivity index (χ3v) is 8.25. The minimum Gasteiger partial charge on any atom is -0.459 e. The highest BCUT2D eigenvalue weighted by Crippen LogP contribution is 2.45. The fourth-order valence-corrected chi connectivity index (χ4v) is 6.13. The predicted molar refractivity (Wildman–Crippen MR) is 175 cm³/mol. The lowest BCUT2D eigenvalue weighted by molar-refractivity contribution is -0.118. The van der Waals surface area contributed by atoms with E-state index in [9.17, 15) is 23.6 Å². The summed E-state index contributed by atoms with van der Waals surface area (Å²) in [6, 6.07) is 12.4. The van der Waals surface area contributed by atoms with E-state index in [-0.39, 0.29) is 29.7 Å². The molecule has 47 heavy (non-hydrogen) atoms. The number of amides is 3. The largest absolute Gasteiger partial charge is 0.459 e. The highest BCUT2D eigenvalue weighted by molar-refractivity contribution is 6.43. The first-order valence-electron chi connectivity index (χ1n) is 15.4. The number of ketones is 1. The third kappa shape index (κ3) is 6.18. The molecule has 1 aliphatic heterocycles. The first-order valence-corrected chi connectivity index (χ1v) is 15.4. The molecule has 10 heteroatoms. The van der Waals surface area contributed by atoms with Crippen molar-refractivity contribution in [2.24, 2.45) is 5.92 Å². The van der Waals surface area contributed by atoms with Crippen LogP contribution in [-0.2, 0) is 14.3 Å². The number of aromatic amines is 1. The third-order valence-electron chi connectivity index (χ3n) is 8.25. The van der Waals surface area contributed by atoms with E-state index in [1.807, 2.05) is 51.1 Å². The van der Waals surface area contributed by atoms with Crippen molar-refractivity contribution in [2.45, 2.75) is 45.2 Å². The normalized spacial score (nSPS) is 18.3. The van der Waals surface area contributed by atoms with Crippen LogP contribution in [0.2, 0.25) is 0 Å². The van der Waals surface area contributed by atoms with E-state index >= 15 is 0 Å². The van der Waals surface area contributed by atoms with Gasteiger partial charge in [0.1, 0.15) is 17.3 Å². The second-order valence-electron chi connectivity index (χ2n) is 12.7. The van der Waals surface area contributed by atoms with E-state index in [1.54, 1.807) is 18.2 Å². The van der Waals surface area contributed by atoms with Crippen molar-refractivity contribution in [1.82, 2.24) is 20.9 Å². The number of aromatic nitrogens is 1. The van der Waals surface area contributed by atoms with Crippen molar-refractivity contribution in [3.05, 3.63) is 123 Å². The van der Waals surface area contributed by atoms with Gasteiger partial charge in [-0.2, -0.15) is 0 Å². The molecule has 3 aromatic rings. The predicted octanol–water partition coefficient (Wildman–Crippen LogP) is 3.38. The number of nitrogens with one attached hydrogen (secondary N) is 4. The Morgan fingerprint density at radius 2 is 1.74 bits per heavy atom. The summed E-state index contributed by atoms with van der Waals surface area (Å²) in [6.07, 6.45) is 9.71. The molecule has 2 aromatic carbocycles. The molecule has 0 spiro atoms. The molecule has 3 amide bonds. The van der Waals surface area contributed by atoms with Gasteiger partial charge in [0.25, 0.3) is 23.5 Å². The maximum absolute atomic E-state index is 13.9. The molecule has 0 saturated heterocycles. The number of halogens is 1. The van der Waals surface area contributed by atoms with Crippen LogP contribution in [-0.4, -0.2) is 47.1 Å². The van der Waals surface area contributed by atoms with Gasteiger partial charge in [-0.25, -0.2) is 4.39 Å². The van der Waals surface area contributed by atoms with Crippen LogP contribution in [0.4, 0.5) is 4.39 Å². The average Bonchev–Trinajstić information content (AvgIpc) is 3.66. The summed E-state index contributed by atoms with van der Waals surface area (Å²) in [5.41, 5.74) is 2.29. The van der Waals surface area contributed by atoms with Gasteiger partial charge < -0.3 is 25.7 Å². The number of Topliss-reactive ketones (excluding diaryl/α,β-unsaturated/α-hetero) is 1. The number of rotatable bonds is 7. The van der Waals surface area contributed by atoms with E-state index in [0.717, 1.165) is 5.57 Å². The minimum atomic E-state index is -0.780. The van der Waals surface area contributed by atoms with Crippen LogP contribution in [0.15, 0.2) is 84.6 Å². The number of benzene rings is 2. The van der Waals surface area contributed by atoms with Crippen molar-refractivity contribution in [1.29, 1.82) is 0 Å². The highest BCUT2D eigenvalue weighted by Gasteiger charge is 2.42. The maximum atomic E-state index is 13.9. The summed E-state index contributed by atoms with van der Waals surface area (Å²) in [6.45, 7) is 5.69. The maximum Gasteiger partial charge on any atom is 0.292 e. The van der Waals surface area contributed by atoms with Gasteiger partial charge in [-0.05, 0) is 81.1 Å². The first kappa shape index (κ1) is 31.5. The molecule has 2 heterocycles. The number of carbonyl (C=O) groups excluding carboxylic acids is 4. The molecule has 240 valence electrons. The van der Waals surface area contributed by atoms with Crippen LogP contribution in [0.3, 0.4) is 0 Å². The Morgan fingerprint density at radius 1 is 0.979 bits per heavy atom. The molecule has 0 fully saturated rings. The van der Waals surface area contributed by atoms with E-state index in [4.69, 9.17) is 4.74 Å². The Kier molecular flexibility index (Phi) is 8.27. The number of likely N-dealkylation sites (N-methyl/N-ethyl adjacent to an activating group) is 1. The number of fused-ring (bicyclic) bond motifs is 2. The molecule has 2 unspecified atom stereocenters. The van der Waals surface area contributed by atoms with E-state index in [1.165, 1.54) is 37.5 Å². The van der Waals surface area contributed by atoms with Crippen LogP contribution in [0.25, 0.3) is 17.1 Å². The number of hydrogen-bond donors (Lipinski definition) is 4. The van der Waals surface area contributed by atoms with Crippen LogP contribution < -0.4 is 26.5 Å². The monoisotopic (exact) mass is 634 g/mol. The van der Waals surface area contributed by atoms with Crippen LogP contribution in [0.1, 0.15) is 65.5 Å². The molecule has 6 rings (SSSR count). The van der Waals surface area contributed by atoms with Gasteiger partial charge in [0, 0.05) is 29.9 Å². The van der Waals surface area contributed by atoms with Crippen molar-refractivity contribution < 1.29 is 28.3 Å². The lowest BCUT2D eigenvalue weighted by atomic mass is 9.82. The lowest BCUT2D eigenvalue weighted by Gasteiger charge is -2.22. The molecular weight excluding hydrogens is 599 g/mol. The fourth-order valence-electron chi connectivity index (χ4n) is 6.13. The highest BCUT2D eigenvalue weighted by atomic mass is 19.1. The van der Waals surface area contributed by atoms with Crippen molar-refractivity contribution in [3.63, 3.8) is 0 Å². The van der Waals surface area contributed by atoms with Gasteiger partial charge in [-0.1, -0.05) is 36.4 Å². The minimum absolute atomic E-state index is 0.0864. The van der Waals surface area contributed by atoms with Crippen LogP contribution in [0, 0.1) is 11.7 Å². The number of allylic oxidation sites excluding steroid dienone is 2. The number of ether oxygens (including phenoxy) is 1. The van der Waals surface area contributed by atoms with E-state index in [2.05, 4.69) is 20.9 Å². The second-order valence-corrected chi connectivity index (χ2v) is 12.7. The fraction of sp³-hybridized carbons (Fsp3) is 0.243. The molecular formula is C37H35FN4O5. The molecule has 4 N–H and O–H groups in total. The first-order chi connectivity index (χ1) is 22.4. The Bertz CT molecular complexity index is 2030. The summed E-state index contributed by atoms with van der Waals surface area (Å²) in [4.78, 5) is 56.9. The van der Waals surface area contributed by atoms with Gasteiger partial charge in [0.05, 0.1) is 33.7 Å². The zero-order valence-corrected chi connectivity index (χ0v) is 26.5. The lowest BCUT2D eigenvalue weighted by Crippen LogP contribution is -2.43. The average molecular weight is 635 g/mol. The van der Waals surface area contributed by atoms with Gasteiger partial charge in [-0.15, -0.1) is 0 Å². The zero-order chi connectivity index (χ0) is 33.5. The van der Waals surface area contributed by atoms with Crippen molar-refractivity contribution in [3.8, 4) is 0 Å². The smallest absolute Gasteiger partial charge is 0.292 e. The Labute approximate surface area is 271 Å². The second kappa shape index (κ2) is 12.4. The summed E-state index contributed by atoms with van der Waals surface area (Å²) in [5.74, 6) is -2.72. The van der Waals surface area contributed by atoms with E-state index in [0.29, 0.717) is 45.0 Å². The summed E-state index contributed by atoms with van der Waals surface area (Å²) < 4.78 is 20.3. The Morgan fingerprint density at radius 3 is 2.43 bits per heavy atom. The zero-order valence-electron chi connectivity index (χ0n) is 26.5. The quantitative estimate of drug-likeness (QED) is 0.234. The molecule has 0 bridgehead atoms. The molecule has 0 saturated carbocycles. The standard InChI is InChI=1S/C37H35FN4O5/c1-37(2,3)42-34(44)22-10-8-9-21(17-22)25-18-26-29(35(45)39-4)32(20-13-15-23(38)16-14-20)47-33(26)28-27(19-40-30(25)28)31(43)36(46)41-24-11-6-5-7-12-24/h5-11,13-17,19,24,26,40H,12,18H2,1-4H3,(H,39,45)(H,41,46)(H,42,44). The van der Waals surface area contributed by atoms with Gasteiger partial charge in [0.2, 0.25) is 0 Å². The molecule has 9 nitrogen and oxygen atoms in total. The van der Waals surface area contributed by atoms with Crippen LogP contribution >= 0.6 is 0 Å². The SMILES string of the molecule is CNC(=O)C1=C(c2ccc(F)cc2)OC2=c3c(C(=O)C(=O)NC4C=CC=CC4)c[nH]c3=C(c3cccc(C(=O)NC(C)(C)C)c3)CC12. The van der Waals surface area contributed by atoms with Gasteiger partial charge >= 0.3 is 0 Å². The van der Waals surface area contributed by atoms with E-state index < -0.39 is 34.9 Å². The number of H-pyrrole nitrogens is 1. The van der Waals surface area contributed by atoms with Crippen molar-refractivity contribution in [2.75, 3.05) is 7.05 Å². The Hall–Kier alpha value is -5.51.